The molecule has 2 aromatic carbocycles. The number of ether oxygens (including phenoxy) is 2. The van der Waals surface area contributed by atoms with Crippen molar-refractivity contribution in [1.29, 1.82) is 0 Å². The van der Waals surface area contributed by atoms with E-state index >= 15 is 0 Å². The van der Waals surface area contributed by atoms with Crippen molar-refractivity contribution in [1.82, 2.24) is 0 Å². The van der Waals surface area contributed by atoms with Gasteiger partial charge in [-0.2, -0.15) is 0 Å². The Morgan fingerprint density at radius 2 is 1.76 bits per heavy atom. The van der Waals surface area contributed by atoms with Crippen LogP contribution in [0, 0.1) is 11.8 Å². The quantitative estimate of drug-likeness (QED) is 0.517. The van der Waals surface area contributed by atoms with E-state index in [1.807, 2.05) is 75.4 Å². The molecule has 1 saturated carbocycles. The Kier molecular flexibility index (Phi) is 7.07. The highest BCUT2D eigenvalue weighted by Gasteiger charge is 2.43. The zero-order valence-electron chi connectivity index (χ0n) is 19.5. The predicted octanol–water partition coefficient (Wildman–Crippen LogP) is 5.65. The van der Waals surface area contributed by atoms with Crippen LogP contribution in [0.4, 0.5) is 0 Å². The summed E-state index contributed by atoms with van der Waals surface area (Å²) in [5, 5.41) is 0. The highest BCUT2D eigenvalue weighted by molar-refractivity contribution is 6.11. The van der Waals surface area contributed by atoms with Crippen molar-refractivity contribution in [3.63, 3.8) is 0 Å². The van der Waals surface area contributed by atoms with E-state index < -0.39 is 5.92 Å². The summed E-state index contributed by atoms with van der Waals surface area (Å²) in [6, 6.07) is 17.7. The van der Waals surface area contributed by atoms with Gasteiger partial charge in [0, 0.05) is 23.7 Å². The maximum Gasteiger partial charge on any atom is 0.336 e. The maximum absolute atomic E-state index is 13.1. The third kappa shape index (κ3) is 5.24. The molecule has 0 N–H and O–H groups in total. The first-order chi connectivity index (χ1) is 15.9. The zero-order valence-corrected chi connectivity index (χ0v) is 19.5. The molecule has 1 aliphatic heterocycles. The fraction of sp³-hybridized carbons (Fsp3) is 0.393. The second kappa shape index (κ2) is 10.2. The molecule has 0 aromatic heterocycles. The first kappa shape index (κ1) is 23.0. The average molecular weight is 446 g/mol. The summed E-state index contributed by atoms with van der Waals surface area (Å²) in [5.74, 6) is -0.0404. The Balaban J connectivity index is 1.62. The molecule has 0 bridgehead atoms. The molecule has 2 atom stereocenters. The van der Waals surface area contributed by atoms with Gasteiger partial charge in [0.1, 0.15) is 18.1 Å². The lowest BCUT2D eigenvalue weighted by Crippen LogP contribution is -2.39. The number of esters is 1. The molecule has 5 heteroatoms. The number of carbonyl (C=O) groups is 2. The molecule has 0 spiro atoms. The largest absolute Gasteiger partial charge is 0.489 e. The van der Waals surface area contributed by atoms with Gasteiger partial charge in [-0.1, -0.05) is 56.3 Å². The first-order valence-corrected chi connectivity index (χ1v) is 11.7. The number of Topliss-reactive ketones (excluding diaryl/α,β-unsaturated/α-hetero) is 1. The van der Waals surface area contributed by atoms with Crippen LogP contribution in [-0.2, 0) is 20.9 Å². The molecule has 4 rings (SSSR count). The van der Waals surface area contributed by atoms with Gasteiger partial charge in [0.25, 0.3) is 0 Å². The molecule has 0 radical (unpaired) electrons. The van der Waals surface area contributed by atoms with Crippen molar-refractivity contribution in [2.24, 2.45) is 16.8 Å². The predicted molar refractivity (Wildman–Crippen MR) is 128 cm³/mol. The number of hydrogen-bond donors (Lipinski definition) is 0. The third-order valence-electron chi connectivity index (χ3n) is 6.16. The van der Waals surface area contributed by atoms with E-state index in [-0.39, 0.29) is 23.6 Å². The van der Waals surface area contributed by atoms with E-state index in [0.717, 1.165) is 35.4 Å². The number of carbonyl (C=O) groups excluding carboxylic acids is 2. The molecular formula is C28H31NO4. The molecule has 1 fully saturated rings. The van der Waals surface area contributed by atoms with Crippen molar-refractivity contribution < 1.29 is 19.1 Å². The molecule has 1 aliphatic carbocycles. The summed E-state index contributed by atoms with van der Waals surface area (Å²) >= 11 is 0. The van der Waals surface area contributed by atoms with Crippen LogP contribution in [0.3, 0.4) is 0 Å². The van der Waals surface area contributed by atoms with Crippen LogP contribution in [0.15, 0.2) is 70.9 Å². The smallest absolute Gasteiger partial charge is 0.336 e. The van der Waals surface area contributed by atoms with Gasteiger partial charge >= 0.3 is 5.97 Å². The second-order valence-electron chi connectivity index (χ2n) is 9.21. The average Bonchev–Trinajstić information content (AvgIpc) is 2.81. The minimum atomic E-state index is -0.403. The zero-order chi connectivity index (χ0) is 23.4. The van der Waals surface area contributed by atoms with Crippen LogP contribution in [0.2, 0.25) is 0 Å². The number of hydrogen-bond acceptors (Lipinski definition) is 5. The Morgan fingerprint density at radius 3 is 2.45 bits per heavy atom. The molecule has 0 saturated heterocycles. The molecule has 5 nitrogen and oxygen atoms in total. The van der Waals surface area contributed by atoms with Crippen LogP contribution in [0.25, 0.3) is 0 Å². The molecule has 0 amide bonds. The standard InChI is InChI=1S/C28H31NO4/c1-18(2)16-33-28(31)25-19(3)29-23-10-7-11-24(30)27(23)26(25)21-12-14-22(15-13-21)32-17-20-8-5-4-6-9-20/h4-6,8-9,12-15,18,26-27H,7,10-11,16-17H2,1-3H3. The number of rotatable bonds is 7. The fourth-order valence-electron chi connectivity index (χ4n) is 4.58. The Bertz CT molecular complexity index is 1070. The van der Waals surface area contributed by atoms with Gasteiger partial charge in [0.15, 0.2) is 0 Å². The Labute approximate surface area is 195 Å². The van der Waals surface area contributed by atoms with Crippen LogP contribution < -0.4 is 4.74 Å². The number of fused-ring (bicyclic) bond motifs is 1. The van der Waals surface area contributed by atoms with Crippen LogP contribution in [0.1, 0.15) is 57.1 Å². The monoisotopic (exact) mass is 445 g/mol. The summed E-state index contributed by atoms with van der Waals surface area (Å²) in [4.78, 5) is 30.8. The van der Waals surface area contributed by atoms with Crippen molar-refractivity contribution in [2.75, 3.05) is 6.61 Å². The molecule has 1 heterocycles. The van der Waals surface area contributed by atoms with Gasteiger partial charge in [0.2, 0.25) is 0 Å². The molecule has 2 aliphatic rings. The summed E-state index contributed by atoms with van der Waals surface area (Å²) in [6.45, 7) is 6.67. The van der Waals surface area contributed by atoms with Gasteiger partial charge in [-0.25, -0.2) is 4.79 Å². The van der Waals surface area contributed by atoms with E-state index in [1.54, 1.807) is 0 Å². The summed E-state index contributed by atoms with van der Waals surface area (Å²) in [6.07, 6.45) is 2.12. The normalized spacial score (nSPS) is 20.4. The lowest BCUT2D eigenvalue weighted by molar-refractivity contribution is -0.140. The van der Waals surface area contributed by atoms with Crippen LogP contribution in [-0.4, -0.2) is 24.1 Å². The molecule has 172 valence electrons. The molecule has 33 heavy (non-hydrogen) atoms. The SMILES string of the molecule is CC1=C(C(=O)OCC(C)C)C(c2ccc(OCc3ccccc3)cc2)C2C(=O)CCCC2=N1. The summed E-state index contributed by atoms with van der Waals surface area (Å²) < 4.78 is 11.5. The van der Waals surface area contributed by atoms with E-state index in [4.69, 9.17) is 14.5 Å². The minimum Gasteiger partial charge on any atom is -0.489 e. The van der Waals surface area contributed by atoms with Crippen molar-refractivity contribution in [2.45, 2.75) is 52.6 Å². The Morgan fingerprint density at radius 1 is 1.03 bits per heavy atom. The van der Waals surface area contributed by atoms with Crippen LogP contribution >= 0.6 is 0 Å². The topological polar surface area (TPSA) is 65.0 Å². The second-order valence-corrected chi connectivity index (χ2v) is 9.21. The number of allylic oxidation sites excluding steroid dienone is 1. The van der Waals surface area contributed by atoms with Crippen molar-refractivity contribution in [3.8, 4) is 5.75 Å². The number of aliphatic imine (C=N–C) groups is 1. The van der Waals surface area contributed by atoms with Gasteiger partial charge < -0.3 is 9.47 Å². The van der Waals surface area contributed by atoms with Crippen LogP contribution in [0.5, 0.6) is 5.75 Å². The number of benzene rings is 2. The number of nitrogens with zero attached hydrogens (tertiary/aromatic N) is 1. The fourth-order valence-corrected chi connectivity index (χ4v) is 4.58. The first-order valence-electron chi connectivity index (χ1n) is 11.7. The summed E-state index contributed by atoms with van der Waals surface area (Å²) in [5.41, 5.74) is 4.04. The molecule has 2 unspecified atom stereocenters. The third-order valence-corrected chi connectivity index (χ3v) is 6.16. The minimum absolute atomic E-state index is 0.149. The molecule has 2 aromatic rings. The number of ketones is 1. The maximum atomic E-state index is 13.1. The Hall–Kier alpha value is -3.21. The lowest BCUT2D eigenvalue weighted by Gasteiger charge is -2.35. The van der Waals surface area contributed by atoms with E-state index in [9.17, 15) is 9.59 Å². The van der Waals surface area contributed by atoms with Gasteiger partial charge in [-0.3, -0.25) is 9.79 Å². The highest BCUT2D eigenvalue weighted by atomic mass is 16.5. The highest BCUT2D eigenvalue weighted by Crippen LogP contribution is 2.43. The van der Waals surface area contributed by atoms with Gasteiger partial charge in [-0.15, -0.1) is 0 Å². The van der Waals surface area contributed by atoms with Crippen molar-refractivity contribution in [3.05, 3.63) is 77.0 Å². The van der Waals surface area contributed by atoms with E-state index in [1.165, 1.54) is 0 Å². The van der Waals surface area contributed by atoms with E-state index in [2.05, 4.69) is 0 Å². The van der Waals surface area contributed by atoms with Gasteiger partial charge in [-0.05, 0) is 48.9 Å². The van der Waals surface area contributed by atoms with Crippen molar-refractivity contribution >= 4 is 17.5 Å². The molecular weight excluding hydrogens is 414 g/mol. The van der Waals surface area contributed by atoms with Gasteiger partial charge in [0.05, 0.1) is 18.1 Å². The van der Waals surface area contributed by atoms with E-state index in [0.29, 0.717) is 30.9 Å². The summed E-state index contributed by atoms with van der Waals surface area (Å²) in [7, 11) is 0. The lowest BCUT2D eigenvalue weighted by atomic mass is 9.69.